The van der Waals surface area contributed by atoms with Crippen LogP contribution < -0.4 is 0 Å². The number of aliphatic hydroxyl groups is 2. The van der Waals surface area contributed by atoms with Crippen LogP contribution in [0, 0.1) is 0 Å². The minimum absolute atomic E-state index is 0.00789. The summed E-state index contributed by atoms with van der Waals surface area (Å²) in [6.45, 7) is -2.63. The van der Waals surface area contributed by atoms with E-state index in [0.29, 0.717) is 12.0 Å². The monoisotopic (exact) mass is 1340 g/mol. The van der Waals surface area contributed by atoms with Crippen LogP contribution in [0.2, 0.25) is 0 Å². The molecule has 4 unspecified atom stereocenters. The number of phosphoric acid groups is 4. The van der Waals surface area contributed by atoms with Crippen LogP contribution in [-0.4, -0.2) is 144 Å². The highest BCUT2D eigenvalue weighted by Gasteiger charge is 2.48. The Kier molecular flexibility index (Phi) is 17.3. The summed E-state index contributed by atoms with van der Waals surface area (Å²) in [5.41, 5.74) is 1.52. The van der Waals surface area contributed by atoms with E-state index in [2.05, 4.69) is 66.7 Å². The highest BCUT2D eigenvalue weighted by atomic mass is 31.2. The van der Waals surface area contributed by atoms with E-state index in [-0.39, 0.29) is 45.5 Å². The van der Waals surface area contributed by atoms with Crippen molar-refractivity contribution in [2.45, 2.75) is 105 Å². The minimum Gasteiger partial charge on any atom is -0.394 e. The van der Waals surface area contributed by atoms with Crippen molar-refractivity contribution in [2.75, 3.05) is 52.9 Å². The Hall–Kier alpha value is -5.04. The fourth-order valence-corrected chi connectivity index (χ4v) is 18.2. The first kappa shape index (κ1) is 63.0. The molecular weight excluding hydrogens is 1270 g/mol. The summed E-state index contributed by atoms with van der Waals surface area (Å²) in [7, 11) is -19.9. The Balaban J connectivity index is 0.640. The summed E-state index contributed by atoms with van der Waals surface area (Å²) in [4.78, 5) is 44.3. The standard InChI is InChI=1S/C65H66O23P4/c66-31-57-55(29-53(83-57)38-19-21-48-44-13-3-9-36-7-1-11-42(62(36)44)46-17-5-15-40(38)64(46)48)87-92(74,75)82-35-61-56(30-54(84-61)39-20-22-49-45-14-4-10-37-8-2-12-43(63(37)45)47-18-6-16-41(39)65(47)49)88-91(72,73)81-34-60-52(25-28-78-60)86-90(70,71)80-33-59-51(24-27-77-59)85-89(68,69)79-32-58-50(67)23-26-76-58/h1-22,50-61,66-67H,23-35H2,(H,68,69)(H,70,71)(H,72,73)(H,74,75)/t50-,51-,52-,53+,54+,55-,56-,57+,58+,59+,60+,61+/m0/s1. The number of rotatable bonds is 23. The Morgan fingerprint density at radius 3 is 1.11 bits per heavy atom. The molecule has 0 aromatic heterocycles. The lowest BCUT2D eigenvalue weighted by atomic mass is 9.87. The first-order valence-electron chi connectivity index (χ1n) is 30.6. The van der Waals surface area contributed by atoms with Crippen LogP contribution in [0.25, 0.3) is 86.2 Å². The third kappa shape index (κ3) is 12.3. The molecule has 484 valence electrons. The zero-order valence-corrected chi connectivity index (χ0v) is 52.8. The van der Waals surface area contributed by atoms with Crippen molar-refractivity contribution in [1.29, 1.82) is 0 Å². The average Bonchev–Trinajstić information content (AvgIpc) is 1.01. The third-order valence-corrected chi connectivity index (χ3v) is 22.6. The van der Waals surface area contributed by atoms with E-state index in [4.69, 9.17) is 59.9 Å². The lowest BCUT2D eigenvalue weighted by Crippen LogP contribution is -2.32. The van der Waals surface area contributed by atoms with Crippen LogP contribution in [0.1, 0.15) is 55.4 Å². The molecule has 0 bridgehead atoms. The quantitative estimate of drug-likeness (QED) is 0.0197. The second-order valence-corrected chi connectivity index (χ2v) is 29.7. The molecule has 5 saturated heterocycles. The number of hydrogen-bond donors (Lipinski definition) is 6. The first-order valence-corrected chi connectivity index (χ1v) is 36.6. The molecule has 15 rings (SSSR count). The van der Waals surface area contributed by atoms with E-state index in [0.717, 1.165) is 86.4 Å². The highest BCUT2D eigenvalue weighted by Crippen LogP contribution is 2.56. The van der Waals surface area contributed by atoms with Gasteiger partial charge >= 0.3 is 31.3 Å². The zero-order chi connectivity index (χ0) is 63.3. The van der Waals surface area contributed by atoms with Gasteiger partial charge in [0.05, 0.1) is 51.3 Å². The second-order valence-electron chi connectivity index (χ2n) is 24.1. The van der Waals surface area contributed by atoms with Gasteiger partial charge in [0.1, 0.15) is 54.9 Å². The topological polar surface area (TPSA) is 310 Å². The van der Waals surface area contributed by atoms with Gasteiger partial charge in [-0.05, 0) is 104 Å². The molecule has 16 atom stereocenters. The molecule has 27 heteroatoms. The van der Waals surface area contributed by atoms with Crippen molar-refractivity contribution in [2.24, 2.45) is 0 Å². The van der Waals surface area contributed by atoms with Gasteiger partial charge < -0.3 is 53.5 Å². The van der Waals surface area contributed by atoms with Crippen LogP contribution in [0.3, 0.4) is 0 Å². The average molecular weight is 1340 g/mol. The van der Waals surface area contributed by atoms with Gasteiger partial charge in [0.25, 0.3) is 0 Å². The van der Waals surface area contributed by atoms with Gasteiger partial charge in [0, 0.05) is 45.5 Å². The van der Waals surface area contributed by atoms with Crippen LogP contribution in [0.5, 0.6) is 0 Å². The van der Waals surface area contributed by atoms with Gasteiger partial charge in [-0.3, -0.25) is 36.2 Å². The maximum atomic E-state index is 14.2. The van der Waals surface area contributed by atoms with Crippen molar-refractivity contribution in [3.05, 3.63) is 145 Å². The maximum Gasteiger partial charge on any atom is 0.472 e. The molecule has 0 radical (unpaired) electrons. The van der Waals surface area contributed by atoms with Gasteiger partial charge in [0.15, 0.2) is 0 Å². The molecule has 10 aromatic rings. The number of ether oxygens (including phenoxy) is 5. The summed E-state index contributed by atoms with van der Waals surface area (Å²) >= 11 is 0. The van der Waals surface area contributed by atoms with Crippen LogP contribution in [0.15, 0.2) is 133 Å². The van der Waals surface area contributed by atoms with E-state index >= 15 is 0 Å². The predicted octanol–water partition coefficient (Wildman–Crippen LogP) is 11.9. The molecule has 23 nitrogen and oxygen atoms in total. The smallest absolute Gasteiger partial charge is 0.394 e. The molecule has 6 N–H and O–H groups in total. The summed E-state index contributed by atoms with van der Waals surface area (Å²) in [6.07, 6.45) is -12.1. The SMILES string of the molecule is O=P(O)(OC[C@H]1OCC[C@@H]1O)O[C@H]1CCO[C@@H]1COP(=O)(O)O[C@H]1CCO[C@@H]1COP(=O)(O)O[C@H]1C[C@H](c2ccc3c4cccc5cccc(c6cccc2c63)c54)O[C@@H]1COP(=O)(O)O[C@H]1C[C@H](c2ccc3c4cccc5cccc(c6cccc2c63)c54)O[C@@H]1CO. The van der Waals surface area contributed by atoms with E-state index in [1.54, 1.807) is 0 Å². The molecule has 0 aliphatic carbocycles. The number of phosphoric ester groups is 4. The van der Waals surface area contributed by atoms with Crippen LogP contribution >= 0.6 is 31.3 Å². The van der Waals surface area contributed by atoms with E-state index in [1.165, 1.54) is 5.39 Å². The number of aliphatic hydroxyl groups excluding tert-OH is 2. The normalized spacial score (nSPS) is 29.1. The van der Waals surface area contributed by atoms with Crippen molar-refractivity contribution >= 4 is 117 Å². The summed E-state index contributed by atoms with van der Waals surface area (Å²) in [6, 6.07) is 45.0. The molecule has 5 heterocycles. The lowest BCUT2D eigenvalue weighted by molar-refractivity contribution is -0.0422. The molecule has 5 fully saturated rings. The van der Waals surface area contributed by atoms with Crippen LogP contribution in [-0.2, 0) is 78.1 Å². The fraction of sp³-hybridized carbons (Fsp3) is 0.385. The molecule has 0 amide bonds. The summed E-state index contributed by atoms with van der Waals surface area (Å²) in [5, 5.41) is 37.4. The largest absolute Gasteiger partial charge is 0.472 e. The first-order chi connectivity index (χ1) is 44.4. The number of benzene rings is 10. The lowest BCUT2D eigenvalue weighted by Gasteiger charge is -2.26. The van der Waals surface area contributed by atoms with E-state index in [1.807, 2.05) is 66.7 Å². The molecular formula is C65H66O23P4. The Morgan fingerprint density at radius 2 is 0.696 bits per heavy atom. The van der Waals surface area contributed by atoms with E-state index in [9.17, 15) is 48.0 Å². The van der Waals surface area contributed by atoms with Crippen molar-refractivity contribution < 1.29 is 108 Å². The van der Waals surface area contributed by atoms with Crippen LogP contribution in [0.4, 0.5) is 0 Å². The molecule has 92 heavy (non-hydrogen) atoms. The van der Waals surface area contributed by atoms with Crippen molar-refractivity contribution in [3.63, 3.8) is 0 Å². The van der Waals surface area contributed by atoms with Gasteiger partial charge in [-0.25, -0.2) is 18.3 Å². The van der Waals surface area contributed by atoms with Crippen molar-refractivity contribution in [1.82, 2.24) is 0 Å². The molecule has 10 aromatic carbocycles. The third-order valence-electron chi connectivity index (χ3n) is 18.5. The van der Waals surface area contributed by atoms with Gasteiger partial charge in [-0.2, -0.15) is 0 Å². The molecule has 5 aliphatic rings. The fourth-order valence-electron chi connectivity index (χ4n) is 14.3. The second kappa shape index (κ2) is 25.2. The van der Waals surface area contributed by atoms with Gasteiger partial charge in [-0.1, -0.05) is 133 Å². The summed E-state index contributed by atoms with van der Waals surface area (Å²) in [5.74, 6) is 0. The zero-order valence-electron chi connectivity index (χ0n) is 49.2. The van der Waals surface area contributed by atoms with Gasteiger partial charge in [0.2, 0.25) is 0 Å². The minimum atomic E-state index is -5.14. The molecule has 0 spiro atoms. The molecule has 5 aliphatic heterocycles. The number of fused-ring (bicyclic) bond motifs is 4. The van der Waals surface area contributed by atoms with Gasteiger partial charge in [-0.15, -0.1) is 0 Å². The van der Waals surface area contributed by atoms with E-state index < -0.39 is 138 Å². The summed E-state index contributed by atoms with van der Waals surface area (Å²) < 4.78 is 128. The Labute approximate surface area is 525 Å². The Morgan fingerprint density at radius 1 is 0.370 bits per heavy atom. The van der Waals surface area contributed by atoms with Crippen molar-refractivity contribution in [3.8, 4) is 0 Å². The molecule has 0 saturated carbocycles. The predicted molar refractivity (Wildman–Crippen MR) is 339 cm³/mol. The Bertz CT molecular complexity index is 4510. The highest BCUT2D eigenvalue weighted by molar-refractivity contribution is 7.48. The maximum absolute atomic E-state index is 14.2. The number of hydrogen-bond acceptors (Lipinski definition) is 19.